The summed E-state index contributed by atoms with van der Waals surface area (Å²) in [6, 6.07) is 16.0. The second-order valence-corrected chi connectivity index (χ2v) is 3.96. The van der Waals surface area contributed by atoms with Crippen LogP contribution in [-0.2, 0) is 0 Å². The Bertz CT molecular complexity index is 681. The molecule has 0 atom stereocenters. The molecule has 3 nitrogen and oxygen atoms in total. The lowest BCUT2D eigenvalue weighted by molar-refractivity contribution is 0.0696. The predicted molar refractivity (Wildman–Crippen MR) is 73.5 cm³/mol. The average Bonchev–Trinajstić information content (AvgIpc) is 2.45. The van der Waals surface area contributed by atoms with Gasteiger partial charge in [-0.2, -0.15) is 5.26 Å². The first-order valence-electron chi connectivity index (χ1n) is 5.71. The fraction of sp³-hybridized carbons (Fsp3) is 0. The third kappa shape index (κ3) is 3.08. The van der Waals surface area contributed by atoms with Gasteiger partial charge in [-0.05, 0) is 29.3 Å². The van der Waals surface area contributed by atoms with Crippen LogP contribution < -0.4 is 0 Å². The van der Waals surface area contributed by atoms with Crippen LogP contribution in [0.2, 0.25) is 0 Å². The van der Waals surface area contributed by atoms with Crippen molar-refractivity contribution < 1.29 is 9.90 Å². The van der Waals surface area contributed by atoms with E-state index in [9.17, 15) is 4.79 Å². The van der Waals surface area contributed by atoms with Gasteiger partial charge in [0.2, 0.25) is 0 Å². The summed E-state index contributed by atoms with van der Waals surface area (Å²) in [5.74, 6) is -0.953. The van der Waals surface area contributed by atoms with Crippen LogP contribution in [0.3, 0.4) is 0 Å². The summed E-state index contributed by atoms with van der Waals surface area (Å²) in [4.78, 5) is 11.1. The number of carboxylic acid groups (broad SMARTS) is 1. The van der Waals surface area contributed by atoms with E-state index in [1.54, 1.807) is 54.6 Å². The molecule has 2 rings (SSSR count). The Hall–Kier alpha value is -2.86. The molecule has 19 heavy (non-hydrogen) atoms. The van der Waals surface area contributed by atoms with Gasteiger partial charge in [-0.1, -0.05) is 42.5 Å². The zero-order valence-electron chi connectivity index (χ0n) is 10.1. The maximum Gasteiger partial charge on any atom is 0.336 e. The highest BCUT2D eigenvalue weighted by atomic mass is 16.4. The van der Waals surface area contributed by atoms with Gasteiger partial charge >= 0.3 is 5.97 Å². The van der Waals surface area contributed by atoms with Gasteiger partial charge in [0.25, 0.3) is 0 Å². The zero-order chi connectivity index (χ0) is 13.7. The topological polar surface area (TPSA) is 61.1 Å². The van der Waals surface area contributed by atoms with Crippen LogP contribution in [0.5, 0.6) is 0 Å². The first-order valence-corrected chi connectivity index (χ1v) is 5.71. The van der Waals surface area contributed by atoms with Gasteiger partial charge in [0, 0.05) is 0 Å². The molecule has 0 aliphatic rings. The van der Waals surface area contributed by atoms with E-state index in [0.29, 0.717) is 11.1 Å². The van der Waals surface area contributed by atoms with E-state index in [2.05, 4.69) is 6.07 Å². The van der Waals surface area contributed by atoms with E-state index < -0.39 is 5.97 Å². The van der Waals surface area contributed by atoms with E-state index in [4.69, 9.17) is 10.4 Å². The maximum absolute atomic E-state index is 11.1. The molecule has 2 aromatic carbocycles. The van der Waals surface area contributed by atoms with E-state index >= 15 is 0 Å². The van der Waals surface area contributed by atoms with Crippen LogP contribution in [-0.4, -0.2) is 11.1 Å². The molecule has 0 saturated heterocycles. The number of hydrogen-bond acceptors (Lipinski definition) is 2. The average molecular weight is 249 g/mol. The largest absolute Gasteiger partial charge is 0.478 e. The highest BCUT2D eigenvalue weighted by molar-refractivity contribution is 5.93. The summed E-state index contributed by atoms with van der Waals surface area (Å²) in [6.07, 6.45) is 3.53. The van der Waals surface area contributed by atoms with Crippen molar-refractivity contribution in [2.75, 3.05) is 0 Å². The number of benzene rings is 2. The number of nitrogens with zero attached hydrogens (tertiary/aromatic N) is 1. The molecule has 0 aromatic heterocycles. The minimum Gasteiger partial charge on any atom is -0.478 e. The van der Waals surface area contributed by atoms with Gasteiger partial charge in [0.1, 0.15) is 0 Å². The third-order valence-electron chi connectivity index (χ3n) is 2.66. The van der Waals surface area contributed by atoms with Crippen molar-refractivity contribution in [3.8, 4) is 6.07 Å². The van der Waals surface area contributed by atoms with Gasteiger partial charge in [0.15, 0.2) is 0 Å². The number of carbonyl (C=O) groups is 1. The van der Waals surface area contributed by atoms with Crippen LogP contribution in [0.1, 0.15) is 27.0 Å². The first-order chi connectivity index (χ1) is 9.20. The lowest BCUT2D eigenvalue weighted by atomic mass is 10.1. The molecule has 0 unspecified atom stereocenters. The highest BCUT2D eigenvalue weighted by Gasteiger charge is 2.05. The van der Waals surface area contributed by atoms with E-state index in [1.807, 2.05) is 6.07 Å². The van der Waals surface area contributed by atoms with Gasteiger partial charge < -0.3 is 5.11 Å². The van der Waals surface area contributed by atoms with Crippen molar-refractivity contribution in [3.63, 3.8) is 0 Å². The smallest absolute Gasteiger partial charge is 0.336 e. The normalized spacial score (nSPS) is 10.3. The molecule has 0 saturated carbocycles. The summed E-state index contributed by atoms with van der Waals surface area (Å²) in [7, 11) is 0. The van der Waals surface area contributed by atoms with Crippen LogP contribution in [0.25, 0.3) is 12.2 Å². The van der Waals surface area contributed by atoms with Crippen LogP contribution in [0.15, 0.2) is 48.5 Å². The number of carboxylic acids is 1. The van der Waals surface area contributed by atoms with Crippen molar-refractivity contribution in [2.45, 2.75) is 0 Å². The van der Waals surface area contributed by atoms with E-state index in [-0.39, 0.29) is 5.56 Å². The minimum absolute atomic E-state index is 0.259. The molecule has 92 valence electrons. The van der Waals surface area contributed by atoms with Crippen LogP contribution in [0.4, 0.5) is 0 Å². The lowest BCUT2D eigenvalue weighted by Crippen LogP contribution is -1.98. The van der Waals surface area contributed by atoms with Gasteiger partial charge in [0.05, 0.1) is 17.2 Å². The summed E-state index contributed by atoms with van der Waals surface area (Å²) >= 11 is 0. The fourth-order valence-corrected chi connectivity index (χ4v) is 1.73. The quantitative estimate of drug-likeness (QED) is 0.848. The van der Waals surface area contributed by atoms with Gasteiger partial charge in [-0.3, -0.25) is 0 Å². The Morgan fingerprint density at radius 1 is 1.11 bits per heavy atom. The van der Waals surface area contributed by atoms with E-state index in [1.165, 1.54) is 0 Å². The molecule has 3 heteroatoms. The molecule has 0 fully saturated rings. The summed E-state index contributed by atoms with van der Waals surface area (Å²) in [6.45, 7) is 0. The number of nitriles is 1. The van der Waals surface area contributed by atoms with Crippen LogP contribution >= 0.6 is 0 Å². The van der Waals surface area contributed by atoms with Crippen LogP contribution in [0, 0.1) is 11.3 Å². The van der Waals surface area contributed by atoms with Crippen molar-refractivity contribution in [2.24, 2.45) is 0 Å². The number of rotatable bonds is 3. The molecule has 0 aliphatic heterocycles. The Labute approximate surface area is 111 Å². The molecular weight excluding hydrogens is 238 g/mol. The molecule has 0 spiro atoms. The molecule has 0 heterocycles. The minimum atomic E-state index is -0.953. The van der Waals surface area contributed by atoms with Crippen molar-refractivity contribution in [3.05, 3.63) is 70.8 Å². The zero-order valence-corrected chi connectivity index (χ0v) is 10.1. The molecule has 2 aromatic rings. The third-order valence-corrected chi connectivity index (χ3v) is 2.66. The lowest BCUT2D eigenvalue weighted by Gasteiger charge is -2.00. The predicted octanol–water partition coefficient (Wildman–Crippen LogP) is 3.43. The fourth-order valence-electron chi connectivity index (χ4n) is 1.73. The summed E-state index contributed by atoms with van der Waals surface area (Å²) < 4.78 is 0. The molecule has 1 N–H and O–H groups in total. The number of aromatic carboxylic acids is 1. The Balaban J connectivity index is 2.33. The standard InChI is InChI=1S/C16H11NO2/c17-11-13-5-3-4-12(10-13)8-9-14-6-1-2-7-15(14)16(18)19/h1-10H,(H,18,19)/b9-8+. The SMILES string of the molecule is N#Cc1cccc(/C=C/c2ccccc2C(=O)O)c1. The molecule has 0 amide bonds. The summed E-state index contributed by atoms with van der Waals surface area (Å²) in [5, 5.41) is 17.9. The van der Waals surface area contributed by atoms with Crippen molar-refractivity contribution >= 4 is 18.1 Å². The number of hydrogen-bond donors (Lipinski definition) is 1. The Morgan fingerprint density at radius 2 is 1.89 bits per heavy atom. The van der Waals surface area contributed by atoms with Gasteiger partial charge in [-0.25, -0.2) is 4.79 Å². The van der Waals surface area contributed by atoms with Gasteiger partial charge in [-0.15, -0.1) is 0 Å². The Morgan fingerprint density at radius 3 is 2.63 bits per heavy atom. The van der Waals surface area contributed by atoms with Crippen molar-refractivity contribution in [1.29, 1.82) is 5.26 Å². The summed E-state index contributed by atoms with van der Waals surface area (Å²) in [5.41, 5.74) is 2.33. The van der Waals surface area contributed by atoms with Crippen molar-refractivity contribution in [1.82, 2.24) is 0 Å². The monoisotopic (exact) mass is 249 g/mol. The molecule has 0 bridgehead atoms. The second kappa shape index (κ2) is 5.65. The maximum atomic E-state index is 11.1. The molecule has 0 aliphatic carbocycles. The molecule has 0 radical (unpaired) electrons. The Kier molecular flexibility index (Phi) is 3.75. The molecular formula is C16H11NO2. The second-order valence-electron chi connectivity index (χ2n) is 3.96. The van der Waals surface area contributed by atoms with E-state index in [0.717, 1.165) is 5.56 Å². The first kappa shape index (κ1) is 12.6. The highest BCUT2D eigenvalue weighted by Crippen LogP contribution is 2.14.